The van der Waals surface area contributed by atoms with Crippen molar-refractivity contribution in [3.63, 3.8) is 0 Å². The number of hydrogen-bond acceptors (Lipinski definition) is 5. The first-order valence-corrected chi connectivity index (χ1v) is 8.49. The number of para-hydroxylation sites is 2. The highest BCUT2D eigenvalue weighted by Gasteiger charge is 2.34. The van der Waals surface area contributed by atoms with E-state index in [2.05, 4.69) is 20.6 Å². The summed E-state index contributed by atoms with van der Waals surface area (Å²) in [5.74, 6) is 1.65. The van der Waals surface area contributed by atoms with Gasteiger partial charge in [-0.05, 0) is 12.1 Å². The molecular weight excluding hydrogens is 330 g/mol. The van der Waals surface area contributed by atoms with E-state index in [4.69, 9.17) is 4.74 Å². The molecule has 0 spiro atoms. The van der Waals surface area contributed by atoms with Crippen LogP contribution >= 0.6 is 0 Å². The van der Waals surface area contributed by atoms with Gasteiger partial charge >= 0.3 is 0 Å². The van der Waals surface area contributed by atoms with Gasteiger partial charge in [0.2, 0.25) is 5.91 Å². The summed E-state index contributed by atoms with van der Waals surface area (Å²) in [6.45, 7) is 2.47. The van der Waals surface area contributed by atoms with Crippen molar-refractivity contribution in [2.45, 2.75) is 18.8 Å². The third-order valence-electron chi connectivity index (χ3n) is 4.65. The van der Waals surface area contributed by atoms with Gasteiger partial charge in [0.1, 0.15) is 11.5 Å². The average molecular weight is 349 g/mol. The maximum atomic E-state index is 13.3. The van der Waals surface area contributed by atoms with Crippen molar-refractivity contribution in [2.75, 3.05) is 13.6 Å². The molecule has 1 amide bonds. The van der Waals surface area contributed by atoms with Gasteiger partial charge in [0.25, 0.3) is 0 Å². The third kappa shape index (κ3) is 2.81. The number of rotatable bonds is 4. The van der Waals surface area contributed by atoms with Crippen LogP contribution in [0.1, 0.15) is 35.7 Å². The Hall–Kier alpha value is -3.22. The Bertz CT molecular complexity index is 880. The Balaban J connectivity index is 1.65. The highest BCUT2D eigenvalue weighted by atomic mass is 16.5. The van der Waals surface area contributed by atoms with Gasteiger partial charge in [0, 0.05) is 30.6 Å². The fraction of sp³-hybridized carbons (Fsp3) is 0.263. The zero-order chi connectivity index (χ0) is 18.1. The summed E-state index contributed by atoms with van der Waals surface area (Å²) in [7, 11) is 1.81. The average Bonchev–Trinajstić information content (AvgIpc) is 3.20. The first-order valence-electron chi connectivity index (χ1n) is 8.49. The SMILES string of the molecule is CC(CN(C)C(=O)C1c2ccccc2Oc2ccccc21)c1nn[nH]n1. The maximum absolute atomic E-state index is 13.3. The number of likely N-dealkylation sites (N-methyl/N-ethyl adjacent to an activating group) is 1. The van der Waals surface area contributed by atoms with Gasteiger partial charge < -0.3 is 9.64 Å². The highest BCUT2D eigenvalue weighted by molar-refractivity contribution is 5.89. The lowest BCUT2D eigenvalue weighted by molar-refractivity contribution is -0.130. The second-order valence-electron chi connectivity index (χ2n) is 6.50. The summed E-state index contributed by atoms with van der Waals surface area (Å²) in [5.41, 5.74) is 1.77. The Morgan fingerprint density at radius 3 is 2.35 bits per heavy atom. The van der Waals surface area contributed by atoms with Gasteiger partial charge in [0.05, 0.1) is 5.92 Å². The van der Waals surface area contributed by atoms with Crippen molar-refractivity contribution in [1.82, 2.24) is 25.5 Å². The normalized spacial score (nSPS) is 14.1. The molecule has 7 nitrogen and oxygen atoms in total. The second-order valence-corrected chi connectivity index (χ2v) is 6.50. The molecular formula is C19H19N5O2. The van der Waals surface area contributed by atoms with Gasteiger partial charge in [-0.2, -0.15) is 5.21 Å². The molecule has 0 saturated carbocycles. The number of H-pyrrole nitrogens is 1. The van der Waals surface area contributed by atoms with Crippen molar-refractivity contribution in [3.05, 3.63) is 65.5 Å². The molecule has 0 radical (unpaired) electrons. The van der Waals surface area contributed by atoms with Crippen LogP contribution in [-0.2, 0) is 4.79 Å². The Labute approximate surface area is 151 Å². The van der Waals surface area contributed by atoms with Crippen LogP contribution in [0, 0.1) is 0 Å². The molecule has 0 saturated heterocycles. The van der Waals surface area contributed by atoms with E-state index >= 15 is 0 Å². The van der Waals surface area contributed by atoms with Crippen LogP contribution in [0.15, 0.2) is 48.5 Å². The van der Waals surface area contributed by atoms with Crippen LogP contribution in [0.5, 0.6) is 11.5 Å². The van der Waals surface area contributed by atoms with Crippen LogP contribution in [-0.4, -0.2) is 45.0 Å². The van der Waals surface area contributed by atoms with Crippen molar-refractivity contribution in [2.24, 2.45) is 0 Å². The van der Waals surface area contributed by atoms with Crippen LogP contribution in [0.25, 0.3) is 0 Å². The lowest BCUT2D eigenvalue weighted by Crippen LogP contribution is -2.36. The number of aromatic amines is 1. The summed E-state index contributed by atoms with van der Waals surface area (Å²) < 4.78 is 5.97. The zero-order valence-electron chi connectivity index (χ0n) is 14.6. The molecule has 4 rings (SSSR count). The van der Waals surface area contributed by atoms with E-state index in [0.717, 1.165) is 22.6 Å². The number of tetrazole rings is 1. The number of benzene rings is 2. The quantitative estimate of drug-likeness (QED) is 0.783. The number of amides is 1. The van der Waals surface area contributed by atoms with Crippen molar-refractivity contribution >= 4 is 5.91 Å². The number of ether oxygens (including phenoxy) is 1. The van der Waals surface area contributed by atoms with E-state index in [9.17, 15) is 4.79 Å². The van der Waals surface area contributed by atoms with E-state index in [1.54, 1.807) is 11.9 Å². The van der Waals surface area contributed by atoms with Gasteiger partial charge in [0.15, 0.2) is 5.82 Å². The van der Waals surface area contributed by atoms with E-state index in [0.29, 0.717) is 12.4 Å². The minimum absolute atomic E-state index is 0.0172. The molecule has 3 aromatic rings. The van der Waals surface area contributed by atoms with Crippen LogP contribution in [0.2, 0.25) is 0 Å². The Morgan fingerprint density at radius 1 is 1.15 bits per heavy atom. The molecule has 1 unspecified atom stereocenters. The molecule has 1 aromatic heterocycles. The monoisotopic (exact) mass is 349 g/mol. The Morgan fingerprint density at radius 2 is 1.77 bits per heavy atom. The summed E-state index contributed by atoms with van der Waals surface area (Å²) in [6, 6.07) is 15.4. The summed E-state index contributed by atoms with van der Waals surface area (Å²) in [4.78, 5) is 15.1. The van der Waals surface area contributed by atoms with Gasteiger partial charge in [-0.25, -0.2) is 0 Å². The molecule has 2 heterocycles. The van der Waals surface area contributed by atoms with E-state index in [1.165, 1.54) is 0 Å². The molecule has 1 atom stereocenters. The molecule has 26 heavy (non-hydrogen) atoms. The summed E-state index contributed by atoms with van der Waals surface area (Å²) >= 11 is 0. The number of carbonyl (C=O) groups is 1. The zero-order valence-corrected chi connectivity index (χ0v) is 14.6. The molecule has 1 N–H and O–H groups in total. The smallest absolute Gasteiger partial charge is 0.234 e. The van der Waals surface area contributed by atoms with Crippen molar-refractivity contribution in [1.29, 1.82) is 0 Å². The van der Waals surface area contributed by atoms with Crippen LogP contribution in [0.4, 0.5) is 0 Å². The molecule has 132 valence electrons. The topological polar surface area (TPSA) is 84.0 Å². The molecule has 0 fully saturated rings. The lowest BCUT2D eigenvalue weighted by Gasteiger charge is -2.31. The summed E-state index contributed by atoms with van der Waals surface area (Å²) in [6.07, 6.45) is 0. The number of hydrogen-bond donors (Lipinski definition) is 1. The standard InChI is InChI=1S/C19H19N5O2/c1-12(18-20-22-23-21-18)11-24(2)19(25)17-13-7-3-5-9-15(13)26-16-10-6-4-8-14(16)17/h3-10,12,17H,11H2,1-2H3,(H,20,21,22,23). The fourth-order valence-electron chi connectivity index (χ4n) is 3.36. The second kappa shape index (κ2) is 6.59. The number of aromatic nitrogens is 4. The van der Waals surface area contributed by atoms with E-state index < -0.39 is 5.92 Å². The Kier molecular flexibility index (Phi) is 4.12. The highest BCUT2D eigenvalue weighted by Crippen LogP contribution is 2.44. The number of fused-ring (bicyclic) bond motifs is 2. The van der Waals surface area contributed by atoms with Gasteiger partial charge in [-0.1, -0.05) is 48.5 Å². The number of nitrogens with zero attached hydrogens (tertiary/aromatic N) is 4. The number of carbonyl (C=O) groups excluding carboxylic acids is 1. The predicted octanol–water partition coefficient (Wildman–Crippen LogP) is 2.70. The first kappa shape index (κ1) is 16.3. The molecule has 2 aromatic carbocycles. The minimum Gasteiger partial charge on any atom is -0.457 e. The minimum atomic E-state index is -0.390. The molecule has 7 heteroatoms. The molecule has 0 aliphatic carbocycles. The maximum Gasteiger partial charge on any atom is 0.234 e. The molecule has 1 aliphatic rings. The van der Waals surface area contributed by atoms with E-state index in [-0.39, 0.29) is 11.8 Å². The summed E-state index contributed by atoms with van der Waals surface area (Å²) in [5, 5.41) is 14.1. The predicted molar refractivity (Wildman–Crippen MR) is 95.0 cm³/mol. The third-order valence-corrected chi connectivity index (χ3v) is 4.65. The van der Waals surface area contributed by atoms with Gasteiger partial charge in [-0.15, -0.1) is 10.2 Å². The van der Waals surface area contributed by atoms with Crippen LogP contribution < -0.4 is 4.74 Å². The number of nitrogens with one attached hydrogen (secondary N) is 1. The molecule has 0 bridgehead atoms. The lowest BCUT2D eigenvalue weighted by atomic mass is 9.86. The first-order chi connectivity index (χ1) is 12.6. The molecule has 1 aliphatic heterocycles. The van der Waals surface area contributed by atoms with Gasteiger partial charge in [-0.3, -0.25) is 4.79 Å². The fourth-order valence-corrected chi connectivity index (χ4v) is 3.36. The van der Waals surface area contributed by atoms with E-state index in [1.807, 2.05) is 55.5 Å². The largest absolute Gasteiger partial charge is 0.457 e. The van der Waals surface area contributed by atoms with Crippen molar-refractivity contribution in [3.8, 4) is 11.5 Å². The van der Waals surface area contributed by atoms with Crippen LogP contribution in [0.3, 0.4) is 0 Å². The van der Waals surface area contributed by atoms with Crippen molar-refractivity contribution < 1.29 is 9.53 Å².